The van der Waals surface area contributed by atoms with Gasteiger partial charge in [-0.1, -0.05) is 12.1 Å². The van der Waals surface area contributed by atoms with Gasteiger partial charge < -0.3 is 10.1 Å². The number of nitrogens with one attached hydrogen (secondary N) is 1. The van der Waals surface area contributed by atoms with Crippen LogP contribution in [0.1, 0.15) is 0 Å². The van der Waals surface area contributed by atoms with Gasteiger partial charge in [-0.25, -0.2) is 9.67 Å². The number of aromatic amines is 1. The lowest BCUT2D eigenvalue weighted by Crippen LogP contribution is -1.95. The summed E-state index contributed by atoms with van der Waals surface area (Å²) in [5, 5.41) is 14.8. The summed E-state index contributed by atoms with van der Waals surface area (Å²) in [5.74, 6) is 0.259. The normalized spacial score (nSPS) is 11.0. The zero-order chi connectivity index (χ0) is 14.2. The van der Waals surface area contributed by atoms with Crippen LogP contribution in [0.3, 0.4) is 0 Å². The highest BCUT2D eigenvalue weighted by Crippen LogP contribution is 2.24. The topological polar surface area (TPSA) is 66.7 Å². The van der Waals surface area contributed by atoms with Crippen LogP contribution in [0.15, 0.2) is 61.2 Å². The highest BCUT2D eigenvalue weighted by Gasteiger charge is 2.07. The zero-order valence-electron chi connectivity index (χ0n) is 11.1. The maximum absolute atomic E-state index is 9.35. The maximum atomic E-state index is 9.35. The lowest BCUT2D eigenvalue weighted by molar-refractivity contribution is 0.475. The van der Waals surface area contributed by atoms with E-state index in [0.717, 1.165) is 27.8 Å². The quantitative estimate of drug-likeness (QED) is 0.591. The SMILES string of the molecule is Oc1ccc(-c2cnn(-c3ccnc4[nH]ccc34)c2)cc1. The van der Waals surface area contributed by atoms with Crippen molar-refractivity contribution in [3.8, 4) is 22.6 Å². The summed E-state index contributed by atoms with van der Waals surface area (Å²) in [6.45, 7) is 0. The van der Waals surface area contributed by atoms with Crippen molar-refractivity contribution in [1.29, 1.82) is 0 Å². The minimum absolute atomic E-state index is 0.259. The zero-order valence-corrected chi connectivity index (χ0v) is 11.1. The number of fused-ring (bicyclic) bond motifs is 1. The molecule has 5 nitrogen and oxygen atoms in total. The van der Waals surface area contributed by atoms with Gasteiger partial charge in [-0.05, 0) is 29.8 Å². The predicted octanol–water partition coefficient (Wildman–Crippen LogP) is 3.12. The highest BCUT2D eigenvalue weighted by atomic mass is 16.3. The van der Waals surface area contributed by atoms with Crippen molar-refractivity contribution < 1.29 is 5.11 Å². The second-order valence-electron chi connectivity index (χ2n) is 4.79. The van der Waals surface area contributed by atoms with Crippen molar-refractivity contribution in [3.63, 3.8) is 0 Å². The molecule has 1 aromatic carbocycles. The van der Waals surface area contributed by atoms with Gasteiger partial charge in [0.15, 0.2) is 0 Å². The van der Waals surface area contributed by atoms with Gasteiger partial charge in [-0.2, -0.15) is 5.10 Å². The molecule has 3 heterocycles. The number of H-pyrrole nitrogens is 1. The molecule has 0 atom stereocenters. The monoisotopic (exact) mass is 276 g/mol. The molecule has 0 bridgehead atoms. The summed E-state index contributed by atoms with van der Waals surface area (Å²) in [4.78, 5) is 7.37. The first-order chi connectivity index (χ1) is 10.3. The Labute approximate surface area is 120 Å². The average Bonchev–Trinajstić information content (AvgIpc) is 3.16. The second-order valence-corrected chi connectivity index (χ2v) is 4.79. The standard InChI is InChI=1S/C16H12N4O/c21-13-3-1-11(2-4-13)12-9-19-20(10-12)15-6-8-18-16-14(15)5-7-17-16/h1-10,21H,(H,17,18). The number of phenolic OH excluding ortho intramolecular Hbond substituents is 1. The first-order valence-electron chi connectivity index (χ1n) is 6.58. The molecule has 0 aliphatic carbocycles. The van der Waals surface area contributed by atoms with E-state index >= 15 is 0 Å². The van der Waals surface area contributed by atoms with Crippen LogP contribution in [-0.2, 0) is 0 Å². The summed E-state index contributed by atoms with van der Waals surface area (Å²) >= 11 is 0. The molecule has 3 aromatic heterocycles. The largest absolute Gasteiger partial charge is 0.508 e. The van der Waals surface area contributed by atoms with Gasteiger partial charge in [0.2, 0.25) is 0 Å². The van der Waals surface area contributed by atoms with E-state index in [0.29, 0.717) is 0 Å². The Morgan fingerprint density at radius 2 is 1.86 bits per heavy atom. The molecule has 4 rings (SSSR count). The minimum Gasteiger partial charge on any atom is -0.508 e. The van der Waals surface area contributed by atoms with Crippen molar-refractivity contribution in [1.82, 2.24) is 19.7 Å². The fraction of sp³-hybridized carbons (Fsp3) is 0. The number of rotatable bonds is 2. The molecule has 0 aliphatic heterocycles. The third kappa shape index (κ3) is 1.95. The molecular weight excluding hydrogens is 264 g/mol. The van der Waals surface area contributed by atoms with E-state index in [9.17, 15) is 5.11 Å². The molecule has 5 heteroatoms. The number of benzene rings is 1. The number of pyridine rings is 1. The van der Waals surface area contributed by atoms with E-state index in [4.69, 9.17) is 0 Å². The minimum atomic E-state index is 0.259. The Hall–Kier alpha value is -3.08. The van der Waals surface area contributed by atoms with Gasteiger partial charge in [-0.15, -0.1) is 0 Å². The molecule has 0 radical (unpaired) electrons. The van der Waals surface area contributed by atoms with Crippen LogP contribution in [0.2, 0.25) is 0 Å². The molecule has 0 saturated heterocycles. The van der Waals surface area contributed by atoms with Crippen LogP contribution in [0.25, 0.3) is 27.8 Å². The van der Waals surface area contributed by atoms with Gasteiger partial charge in [0.1, 0.15) is 11.4 Å². The highest BCUT2D eigenvalue weighted by molar-refractivity contribution is 5.84. The van der Waals surface area contributed by atoms with Crippen LogP contribution in [0.5, 0.6) is 5.75 Å². The predicted molar refractivity (Wildman–Crippen MR) is 80.3 cm³/mol. The molecule has 0 amide bonds. The van der Waals surface area contributed by atoms with Gasteiger partial charge in [0.05, 0.1) is 11.9 Å². The summed E-state index contributed by atoms with van der Waals surface area (Å²) in [6.07, 6.45) is 7.40. The molecule has 0 unspecified atom stereocenters. The fourth-order valence-corrected chi connectivity index (χ4v) is 2.40. The number of phenols is 1. The first kappa shape index (κ1) is 11.7. The Bertz CT molecular complexity index is 905. The molecular formula is C16H12N4O. The third-order valence-electron chi connectivity index (χ3n) is 3.47. The van der Waals surface area contributed by atoms with E-state index in [1.165, 1.54) is 0 Å². The van der Waals surface area contributed by atoms with Crippen LogP contribution in [0, 0.1) is 0 Å². The van der Waals surface area contributed by atoms with Crippen LogP contribution < -0.4 is 0 Å². The third-order valence-corrected chi connectivity index (χ3v) is 3.47. The molecule has 0 spiro atoms. The average molecular weight is 276 g/mol. The summed E-state index contributed by atoms with van der Waals surface area (Å²) in [6, 6.07) is 11.0. The molecule has 0 aliphatic rings. The fourth-order valence-electron chi connectivity index (χ4n) is 2.40. The van der Waals surface area contributed by atoms with E-state index in [2.05, 4.69) is 15.1 Å². The van der Waals surface area contributed by atoms with Crippen LogP contribution in [-0.4, -0.2) is 24.9 Å². The molecule has 102 valence electrons. The van der Waals surface area contributed by atoms with E-state index < -0.39 is 0 Å². The van der Waals surface area contributed by atoms with Crippen molar-refractivity contribution >= 4 is 11.0 Å². The number of nitrogens with zero attached hydrogens (tertiary/aromatic N) is 3. The summed E-state index contributed by atoms with van der Waals surface area (Å²) < 4.78 is 1.83. The molecule has 0 saturated carbocycles. The Kier molecular flexibility index (Phi) is 2.50. The van der Waals surface area contributed by atoms with Crippen LogP contribution in [0.4, 0.5) is 0 Å². The first-order valence-corrected chi connectivity index (χ1v) is 6.58. The lowest BCUT2D eigenvalue weighted by Gasteiger charge is -2.02. The van der Waals surface area contributed by atoms with E-state index in [-0.39, 0.29) is 5.75 Å². The number of hydrogen-bond acceptors (Lipinski definition) is 3. The van der Waals surface area contributed by atoms with Crippen molar-refractivity contribution in [2.75, 3.05) is 0 Å². The Morgan fingerprint density at radius 1 is 1.00 bits per heavy atom. The van der Waals surface area contributed by atoms with Gasteiger partial charge in [-0.3, -0.25) is 0 Å². The molecule has 21 heavy (non-hydrogen) atoms. The summed E-state index contributed by atoms with van der Waals surface area (Å²) in [7, 11) is 0. The molecule has 4 aromatic rings. The number of aromatic hydroxyl groups is 1. The Morgan fingerprint density at radius 3 is 2.71 bits per heavy atom. The van der Waals surface area contributed by atoms with Crippen LogP contribution >= 0.6 is 0 Å². The van der Waals surface area contributed by atoms with E-state index in [1.807, 2.05) is 47.5 Å². The second kappa shape index (κ2) is 4.49. The summed E-state index contributed by atoms with van der Waals surface area (Å²) in [5.41, 5.74) is 3.83. The molecule has 2 N–H and O–H groups in total. The number of aromatic nitrogens is 4. The smallest absolute Gasteiger partial charge is 0.139 e. The van der Waals surface area contributed by atoms with Gasteiger partial charge in [0.25, 0.3) is 0 Å². The number of hydrogen-bond donors (Lipinski definition) is 2. The van der Waals surface area contributed by atoms with Crippen molar-refractivity contribution in [2.24, 2.45) is 0 Å². The Balaban J connectivity index is 1.81. The maximum Gasteiger partial charge on any atom is 0.139 e. The van der Waals surface area contributed by atoms with Crippen molar-refractivity contribution in [2.45, 2.75) is 0 Å². The van der Waals surface area contributed by atoms with Gasteiger partial charge in [0, 0.05) is 29.5 Å². The molecule has 0 fully saturated rings. The van der Waals surface area contributed by atoms with Crippen molar-refractivity contribution in [3.05, 3.63) is 61.2 Å². The van der Waals surface area contributed by atoms with Gasteiger partial charge >= 0.3 is 0 Å². The van der Waals surface area contributed by atoms with E-state index in [1.54, 1.807) is 18.3 Å². The lowest BCUT2D eigenvalue weighted by atomic mass is 10.1.